The molecule has 0 amide bonds. The van der Waals surface area contributed by atoms with Crippen LogP contribution in [0.2, 0.25) is 5.02 Å². The van der Waals surface area contributed by atoms with Gasteiger partial charge in [0.15, 0.2) is 0 Å². The molecule has 3 heteroatoms. The summed E-state index contributed by atoms with van der Waals surface area (Å²) in [5, 5.41) is 7.35. The summed E-state index contributed by atoms with van der Waals surface area (Å²) in [4.78, 5) is 0. The van der Waals surface area contributed by atoms with Gasteiger partial charge in [0, 0.05) is 29.1 Å². The quantitative estimate of drug-likeness (QED) is 0.494. The van der Waals surface area contributed by atoms with Gasteiger partial charge in [-0.05, 0) is 73.6 Å². The molecule has 2 aliphatic rings. The van der Waals surface area contributed by atoms with Crippen LogP contribution in [0.15, 0.2) is 54.6 Å². The van der Waals surface area contributed by atoms with E-state index in [4.69, 9.17) is 16.3 Å². The van der Waals surface area contributed by atoms with Crippen LogP contribution < -0.4 is 10.1 Å². The zero-order valence-corrected chi connectivity index (χ0v) is 17.9. The summed E-state index contributed by atoms with van der Waals surface area (Å²) in [6.45, 7) is 4.39. The molecule has 0 radical (unpaired) electrons. The van der Waals surface area contributed by atoms with E-state index in [-0.39, 0.29) is 17.7 Å². The maximum absolute atomic E-state index is 6.66. The van der Waals surface area contributed by atoms with Gasteiger partial charge in [0.2, 0.25) is 0 Å². The SMILES string of the molecule is Cc1cc(Cl)cc2c1OC1(CCCC1)C[C@H]2NC(C)c1cccc2ccccc12. The predicted molar refractivity (Wildman–Crippen MR) is 121 cm³/mol. The van der Waals surface area contributed by atoms with E-state index < -0.39 is 0 Å². The zero-order valence-electron chi connectivity index (χ0n) is 17.2. The molecule has 2 atom stereocenters. The minimum atomic E-state index is -0.0261. The Morgan fingerprint density at radius 1 is 1.07 bits per heavy atom. The summed E-state index contributed by atoms with van der Waals surface area (Å²) in [5.74, 6) is 1.05. The Labute approximate surface area is 178 Å². The lowest BCUT2D eigenvalue weighted by Crippen LogP contribution is -2.43. The third-order valence-corrected chi connectivity index (χ3v) is 7.01. The first-order valence-corrected chi connectivity index (χ1v) is 11.2. The summed E-state index contributed by atoms with van der Waals surface area (Å²) < 4.78 is 6.66. The minimum Gasteiger partial charge on any atom is -0.487 e. The van der Waals surface area contributed by atoms with Gasteiger partial charge in [0.1, 0.15) is 11.4 Å². The fourth-order valence-corrected chi connectivity index (χ4v) is 5.67. The van der Waals surface area contributed by atoms with Crippen molar-refractivity contribution in [3.05, 3.63) is 76.3 Å². The number of fused-ring (bicyclic) bond motifs is 2. The monoisotopic (exact) mass is 405 g/mol. The van der Waals surface area contributed by atoms with E-state index in [2.05, 4.69) is 67.7 Å². The van der Waals surface area contributed by atoms with Crippen LogP contribution in [0.1, 0.15) is 67.8 Å². The lowest BCUT2D eigenvalue weighted by atomic mass is 9.84. The van der Waals surface area contributed by atoms with Crippen LogP contribution in [0.25, 0.3) is 10.8 Å². The second kappa shape index (κ2) is 7.34. The van der Waals surface area contributed by atoms with Crippen molar-refractivity contribution in [2.45, 2.75) is 63.6 Å². The third-order valence-electron chi connectivity index (χ3n) is 6.79. The largest absolute Gasteiger partial charge is 0.487 e. The van der Waals surface area contributed by atoms with Gasteiger partial charge >= 0.3 is 0 Å². The van der Waals surface area contributed by atoms with Crippen LogP contribution in [0.4, 0.5) is 0 Å². The van der Waals surface area contributed by atoms with E-state index in [1.807, 2.05) is 6.07 Å². The lowest BCUT2D eigenvalue weighted by molar-refractivity contribution is 0.0343. The van der Waals surface area contributed by atoms with Crippen LogP contribution in [0.3, 0.4) is 0 Å². The molecule has 1 aliphatic heterocycles. The summed E-state index contributed by atoms with van der Waals surface area (Å²) >= 11 is 6.45. The molecule has 1 unspecified atom stereocenters. The number of nitrogens with one attached hydrogen (secondary N) is 1. The van der Waals surface area contributed by atoms with Crippen molar-refractivity contribution in [3.8, 4) is 5.75 Å². The molecule has 1 heterocycles. The van der Waals surface area contributed by atoms with Gasteiger partial charge in [0.05, 0.1) is 0 Å². The highest BCUT2D eigenvalue weighted by Crippen LogP contribution is 2.49. The Balaban J connectivity index is 1.53. The summed E-state index contributed by atoms with van der Waals surface area (Å²) in [5.41, 5.74) is 3.67. The normalized spacial score (nSPS) is 21.1. The standard InChI is InChI=1S/C26H28ClNO/c1-17-14-20(27)15-23-24(16-26(29-25(17)23)12-5-6-13-26)28-18(2)21-11-7-9-19-8-3-4-10-22(19)21/h3-4,7-11,14-15,18,24,28H,5-6,12-13,16H2,1-2H3/t18?,24-/m1/s1. The average Bonchev–Trinajstić information content (AvgIpc) is 3.16. The number of ether oxygens (including phenoxy) is 1. The van der Waals surface area contributed by atoms with Gasteiger partial charge < -0.3 is 10.1 Å². The first-order chi connectivity index (χ1) is 14.0. The second-order valence-electron chi connectivity index (χ2n) is 8.85. The second-order valence-corrected chi connectivity index (χ2v) is 9.28. The molecule has 1 N–H and O–H groups in total. The van der Waals surface area contributed by atoms with E-state index in [1.165, 1.54) is 34.7 Å². The third kappa shape index (κ3) is 3.43. The maximum Gasteiger partial charge on any atom is 0.127 e. The molecule has 150 valence electrons. The zero-order chi connectivity index (χ0) is 20.0. The Morgan fingerprint density at radius 2 is 1.83 bits per heavy atom. The Morgan fingerprint density at radius 3 is 2.66 bits per heavy atom. The molecular formula is C26H28ClNO. The molecule has 1 fully saturated rings. The van der Waals surface area contributed by atoms with Crippen molar-refractivity contribution in [2.75, 3.05) is 0 Å². The first-order valence-electron chi connectivity index (χ1n) is 10.8. The fraction of sp³-hybridized carbons (Fsp3) is 0.385. The van der Waals surface area contributed by atoms with E-state index in [0.717, 1.165) is 35.6 Å². The smallest absolute Gasteiger partial charge is 0.127 e. The van der Waals surface area contributed by atoms with Crippen molar-refractivity contribution in [1.29, 1.82) is 0 Å². The molecule has 1 aliphatic carbocycles. The molecule has 5 rings (SSSR count). The molecule has 0 bridgehead atoms. The average molecular weight is 406 g/mol. The molecule has 2 nitrogen and oxygen atoms in total. The van der Waals surface area contributed by atoms with E-state index in [0.29, 0.717) is 0 Å². The van der Waals surface area contributed by atoms with Gasteiger partial charge in [-0.25, -0.2) is 0 Å². The van der Waals surface area contributed by atoms with Crippen molar-refractivity contribution in [3.63, 3.8) is 0 Å². The Kier molecular flexibility index (Phi) is 4.80. The van der Waals surface area contributed by atoms with Crippen molar-refractivity contribution < 1.29 is 4.74 Å². The van der Waals surface area contributed by atoms with Crippen LogP contribution >= 0.6 is 11.6 Å². The van der Waals surface area contributed by atoms with Gasteiger partial charge in [-0.15, -0.1) is 0 Å². The van der Waals surface area contributed by atoms with Crippen molar-refractivity contribution in [1.82, 2.24) is 5.32 Å². The highest BCUT2D eigenvalue weighted by Gasteiger charge is 2.44. The number of halogens is 1. The highest BCUT2D eigenvalue weighted by molar-refractivity contribution is 6.30. The number of aryl methyl sites for hydroxylation is 1. The molecular weight excluding hydrogens is 378 g/mol. The predicted octanol–water partition coefficient (Wildman–Crippen LogP) is 7.29. The highest BCUT2D eigenvalue weighted by atomic mass is 35.5. The summed E-state index contributed by atoms with van der Waals surface area (Å²) in [6, 6.07) is 19.8. The van der Waals surface area contributed by atoms with E-state index >= 15 is 0 Å². The van der Waals surface area contributed by atoms with Crippen molar-refractivity contribution in [2.24, 2.45) is 0 Å². The van der Waals surface area contributed by atoms with Gasteiger partial charge in [0.25, 0.3) is 0 Å². The number of rotatable bonds is 3. The number of benzene rings is 3. The topological polar surface area (TPSA) is 21.3 Å². The first kappa shape index (κ1) is 19.0. The van der Waals surface area contributed by atoms with Gasteiger partial charge in [-0.3, -0.25) is 0 Å². The van der Waals surface area contributed by atoms with Crippen molar-refractivity contribution >= 4 is 22.4 Å². The number of hydrogen-bond donors (Lipinski definition) is 1. The molecule has 1 spiro atoms. The Hall–Kier alpha value is -2.03. The summed E-state index contributed by atoms with van der Waals surface area (Å²) in [7, 11) is 0. The molecule has 3 aromatic rings. The van der Waals surface area contributed by atoms with Crippen LogP contribution in [-0.2, 0) is 0 Å². The molecule has 1 saturated carbocycles. The molecule has 3 aromatic carbocycles. The molecule has 0 aromatic heterocycles. The van der Waals surface area contributed by atoms with E-state index in [1.54, 1.807) is 0 Å². The summed E-state index contributed by atoms with van der Waals surface area (Å²) in [6.07, 6.45) is 5.82. The minimum absolute atomic E-state index is 0.0261. The van der Waals surface area contributed by atoms with Gasteiger partial charge in [-0.1, -0.05) is 54.1 Å². The molecule has 0 saturated heterocycles. The van der Waals surface area contributed by atoms with Gasteiger partial charge in [-0.2, -0.15) is 0 Å². The maximum atomic E-state index is 6.66. The van der Waals surface area contributed by atoms with Crippen LogP contribution in [0.5, 0.6) is 5.75 Å². The number of hydrogen-bond acceptors (Lipinski definition) is 2. The fourth-order valence-electron chi connectivity index (χ4n) is 5.39. The molecule has 29 heavy (non-hydrogen) atoms. The Bertz CT molecular complexity index is 1050. The van der Waals surface area contributed by atoms with E-state index in [9.17, 15) is 0 Å². The van der Waals surface area contributed by atoms with Crippen LogP contribution in [0, 0.1) is 6.92 Å². The lowest BCUT2D eigenvalue weighted by Gasteiger charge is -2.42. The van der Waals surface area contributed by atoms with Crippen LogP contribution in [-0.4, -0.2) is 5.60 Å².